The van der Waals surface area contributed by atoms with Gasteiger partial charge in [0.05, 0.1) is 13.0 Å². The predicted octanol–water partition coefficient (Wildman–Crippen LogP) is 1.58. The monoisotopic (exact) mass is 274 g/mol. The number of hydrogen-bond donors (Lipinski definition) is 1. The molecule has 2 heterocycles. The molecule has 1 amide bonds. The molecule has 4 nitrogen and oxygen atoms in total. The van der Waals surface area contributed by atoms with E-state index in [2.05, 4.69) is 5.32 Å². The molecule has 0 unspecified atom stereocenters. The lowest BCUT2D eigenvalue weighted by atomic mass is 10.1. The number of nitrogens with one attached hydrogen (secondary N) is 1. The quantitative estimate of drug-likeness (QED) is 0.906. The van der Waals surface area contributed by atoms with Crippen LogP contribution in [0.1, 0.15) is 18.4 Å². The normalized spacial score (nSPS) is 24.8. The molecule has 2 aliphatic heterocycles. The SMILES string of the molecule is Cc1cccc(OCCC(=O)N2CC[C@H]3CNC[C@H]32)c1. The first-order chi connectivity index (χ1) is 9.74. The van der Waals surface area contributed by atoms with Crippen molar-refractivity contribution in [1.29, 1.82) is 0 Å². The summed E-state index contributed by atoms with van der Waals surface area (Å²) in [4.78, 5) is 14.3. The van der Waals surface area contributed by atoms with E-state index in [0.29, 0.717) is 25.0 Å². The molecule has 2 aliphatic rings. The first-order valence-corrected chi connectivity index (χ1v) is 7.44. The Morgan fingerprint density at radius 1 is 1.45 bits per heavy atom. The Hall–Kier alpha value is -1.55. The average Bonchev–Trinajstić information content (AvgIpc) is 3.00. The summed E-state index contributed by atoms with van der Waals surface area (Å²) in [5.41, 5.74) is 1.17. The lowest BCUT2D eigenvalue weighted by Crippen LogP contribution is -2.39. The molecule has 0 aromatic heterocycles. The van der Waals surface area contributed by atoms with Crippen molar-refractivity contribution in [3.8, 4) is 5.75 Å². The van der Waals surface area contributed by atoms with Crippen LogP contribution in [0.2, 0.25) is 0 Å². The summed E-state index contributed by atoms with van der Waals surface area (Å²) in [6.07, 6.45) is 1.61. The van der Waals surface area contributed by atoms with E-state index in [1.165, 1.54) is 5.56 Å². The highest BCUT2D eigenvalue weighted by Gasteiger charge is 2.39. The summed E-state index contributed by atoms with van der Waals surface area (Å²) in [5.74, 6) is 1.74. The maximum Gasteiger partial charge on any atom is 0.226 e. The van der Waals surface area contributed by atoms with Gasteiger partial charge in [0.15, 0.2) is 0 Å². The molecule has 3 rings (SSSR count). The summed E-state index contributed by atoms with van der Waals surface area (Å²) in [6.45, 7) is 5.43. The maximum atomic E-state index is 12.3. The number of carbonyl (C=O) groups excluding carboxylic acids is 1. The molecule has 20 heavy (non-hydrogen) atoms. The Labute approximate surface area is 120 Å². The van der Waals surface area contributed by atoms with Crippen LogP contribution in [-0.4, -0.2) is 43.1 Å². The van der Waals surface area contributed by atoms with Crippen LogP contribution in [0.15, 0.2) is 24.3 Å². The van der Waals surface area contributed by atoms with Crippen molar-refractivity contribution in [3.63, 3.8) is 0 Å². The highest BCUT2D eigenvalue weighted by molar-refractivity contribution is 5.77. The predicted molar refractivity (Wildman–Crippen MR) is 77.8 cm³/mol. The lowest BCUT2D eigenvalue weighted by Gasteiger charge is -2.23. The second kappa shape index (κ2) is 5.83. The molecule has 0 bridgehead atoms. The molecule has 0 saturated carbocycles. The zero-order chi connectivity index (χ0) is 13.9. The van der Waals surface area contributed by atoms with Gasteiger partial charge in [-0.3, -0.25) is 4.79 Å². The molecule has 4 heteroatoms. The van der Waals surface area contributed by atoms with Gasteiger partial charge in [0, 0.05) is 25.7 Å². The van der Waals surface area contributed by atoms with Crippen LogP contribution >= 0.6 is 0 Å². The van der Waals surface area contributed by atoms with Gasteiger partial charge >= 0.3 is 0 Å². The van der Waals surface area contributed by atoms with Crippen molar-refractivity contribution in [2.24, 2.45) is 5.92 Å². The highest BCUT2D eigenvalue weighted by atomic mass is 16.5. The maximum absolute atomic E-state index is 12.3. The molecular weight excluding hydrogens is 252 g/mol. The number of hydrogen-bond acceptors (Lipinski definition) is 3. The van der Waals surface area contributed by atoms with Crippen molar-refractivity contribution in [3.05, 3.63) is 29.8 Å². The van der Waals surface area contributed by atoms with Crippen LogP contribution < -0.4 is 10.1 Å². The minimum absolute atomic E-state index is 0.230. The van der Waals surface area contributed by atoms with E-state index in [1.807, 2.05) is 36.1 Å². The number of likely N-dealkylation sites (tertiary alicyclic amines) is 1. The topological polar surface area (TPSA) is 41.6 Å². The molecule has 1 aromatic rings. The second-order valence-corrected chi connectivity index (χ2v) is 5.78. The number of nitrogens with zero attached hydrogens (tertiary/aromatic N) is 1. The number of carbonyl (C=O) groups is 1. The molecule has 1 aromatic carbocycles. The highest BCUT2D eigenvalue weighted by Crippen LogP contribution is 2.27. The van der Waals surface area contributed by atoms with Gasteiger partial charge in [0.2, 0.25) is 5.91 Å². The van der Waals surface area contributed by atoms with Gasteiger partial charge in [-0.2, -0.15) is 0 Å². The summed E-state index contributed by atoms with van der Waals surface area (Å²) >= 11 is 0. The van der Waals surface area contributed by atoms with Gasteiger partial charge in [-0.25, -0.2) is 0 Å². The summed E-state index contributed by atoms with van der Waals surface area (Å²) in [6, 6.07) is 8.36. The molecule has 0 radical (unpaired) electrons. The molecule has 0 aliphatic carbocycles. The lowest BCUT2D eigenvalue weighted by molar-refractivity contribution is -0.132. The zero-order valence-corrected chi connectivity index (χ0v) is 12.0. The second-order valence-electron chi connectivity index (χ2n) is 5.78. The molecular formula is C16H22N2O2. The number of fused-ring (bicyclic) bond motifs is 1. The van der Waals surface area contributed by atoms with E-state index in [4.69, 9.17) is 4.74 Å². The van der Waals surface area contributed by atoms with Crippen molar-refractivity contribution in [2.75, 3.05) is 26.2 Å². The van der Waals surface area contributed by atoms with Gasteiger partial charge in [0.1, 0.15) is 5.75 Å². The Morgan fingerprint density at radius 3 is 3.20 bits per heavy atom. The summed E-state index contributed by atoms with van der Waals surface area (Å²) in [7, 11) is 0. The minimum atomic E-state index is 0.230. The third-order valence-electron chi connectivity index (χ3n) is 4.34. The zero-order valence-electron chi connectivity index (χ0n) is 12.0. The van der Waals surface area contributed by atoms with Crippen LogP contribution in [0.25, 0.3) is 0 Å². The van der Waals surface area contributed by atoms with Gasteiger partial charge in [0.25, 0.3) is 0 Å². The van der Waals surface area contributed by atoms with Gasteiger partial charge in [-0.15, -0.1) is 0 Å². The Morgan fingerprint density at radius 2 is 2.35 bits per heavy atom. The number of aryl methyl sites for hydroxylation is 1. The van der Waals surface area contributed by atoms with Crippen LogP contribution in [0.5, 0.6) is 5.75 Å². The van der Waals surface area contributed by atoms with Crippen LogP contribution in [0, 0.1) is 12.8 Å². The van der Waals surface area contributed by atoms with E-state index >= 15 is 0 Å². The fourth-order valence-electron chi connectivity index (χ4n) is 3.26. The van der Waals surface area contributed by atoms with Crippen LogP contribution in [0.4, 0.5) is 0 Å². The van der Waals surface area contributed by atoms with Crippen LogP contribution in [-0.2, 0) is 4.79 Å². The molecule has 2 saturated heterocycles. The number of ether oxygens (including phenoxy) is 1. The number of rotatable bonds is 4. The van der Waals surface area contributed by atoms with E-state index in [9.17, 15) is 4.79 Å². The van der Waals surface area contributed by atoms with E-state index < -0.39 is 0 Å². The smallest absolute Gasteiger partial charge is 0.226 e. The number of amides is 1. The Kier molecular flexibility index (Phi) is 3.92. The standard InChI is InChI=1S/C16H22N2O2/c1-12-3-2-4-14(9-12)20-8-6-16(19)18-7-5-13-10-17-11-15(13)18/h2-4,9,13,15,17H,5-8,10-11H2,1H3/t13-,15+/m0/s1. The van der Waals surface area contributed by atoms with Crippen molar-refractivity contribution >= 4 is 5.91 Å². The van der Waals surface area contributed by atoms with Gasteiger partial charge < -0.3 is 15.0 Å². The molecule has 1 N–H and O–H groups in total. The Balaban J connectivity index is 1.48. The first kappa shape index (κ1) is 13.4. The van der Waals surface area contributed by atoms with Crippen LogP contribution in [0.3, 0.4) is 0 Å². The van der Waals surface area contributed by atoms with Crippen molar-refractivity contribution in [1.82, 2.24) is 10.2 Å². The minimum Gasteiger partial charge on any atom is -0.493 e. The van der Waals surface area contributed by atoms with Gasteiger partial charge in [-0.1, -0.05) is 12.1 Å². The molecule has 2 atom stereocenters. The Bertz CT molecular complexity index is 489. The fraction of sp³-hybridized carbons (Fsp3) is 0.562. The van der Waals surface area contributed by atoms with Crippen molar-refractivity contribution in [2.45, 2.75) is 25.8 Å². The molecule has 108 valence electrons. The largest absolute Gasteiger partial charge is 0.493 e. The van der Waals surface area contributed by atoms with Crippen molar-refractivity contribution < 1.29 is 9.53 Å². The molecule has 2 fully saturated rings. The van der Waals surface area contributed by atoms with E-state index in [0.717, 1.165) is 31.8 Å². The summed E-state index contributed by atoms with van der Waals surface area (Å²) < 4.78 is 5.67. The van der Waals surface area contributed by atoms with E-state index in [1.54, 1.807) is 0 Å². The third kappa shape index (κ3) is 2.80. The van der Waals surface area contributed by atoms with Gasteiger partial charge in [-0.05, 0) is 37.0 Å². The molecule has 0 spiro atoms. The first-order valence-electron chi connectivity index (χ1n) is 7.44. The van der Waals surface area contributed by atoms with E-state index in [-0.39, 0.29) is 5.91 Å². The average molecular weight is 274 g/mol. The fourth-order valence-corrected chi connectivity index (χ4v) is 3.26. The summed E-state index contributed by atoms with van der Waals surface area (Å²) in [5, 5.41) is 3.37. The number of benzene rings is 1. The third-order valence-corrected chi connectivity index (χ3v) is 4.34.